The molecule has 0 saturated carbocycles. The van der Waals surface area contributed by atoms with Crippen molar-refractivity contribution in [3.63, 3.8) is 0 Å². The molecule has 66 valence electrons. The Hall–Kier alpha value is -1.50. The zero-order chi connectivity index (χ0) is 9.78. The highest BCUT2D eigenvalue weighted by Gasteiger charge is 2.40. The Kier molecular flexibility index (Phi) is 3.30. The molecule has 0 aliphatic heterocycles. The molecule has 0 aromatic heterocycles. The minimum absolute atomic E-state index is 0.172. The highest BCUT2D eigenvalue weighted by molar-refractivity contribution is 5.98. The lowest BCUT2D eigenvalue weighted by Crippen LogP contribution is -2.35. The highest BCUT2D eigenvalue weighted by atomic mass is 16.4. The monoisotopic (exact) mass is 170 g/mol. The van der Waals surface area contributed by atoms with Crippen LogP contribution < -0.4 is 0 Å². The van der Waals surface area contributed by atoms with Crippen LogP contribution in [-0.4, -0.2) is 22.2 Å². The normalized spacial score (nSPS) is 9.83. The lowest BCUT2D eigenvalue weighted by atomic mass is 9.87. The molecule has 0 saturated heterocycles. The van der Waals surface area contributed by atoms with Crippen molar-refractivity contribution in [3.05, 3.63) is 0 Å². The molecule has 0 aromatic carbocycles. The number of rotatable bonds is 3. The van der Waals surface area contributed by atoms with Crippen molar-refractivity contribution in [2.24, 2.45) is 5.41 Å². The minimum atomic E-state index is -1.79. The average molecular weight is 170 g/mol. The van der Waals surface area contributed by atoms with Gasteiger partial charge >= 0.3 is 11.9 Å². The minimum Gasteiger partial charge on any atom is -0.480 e. The van der Waals surface area contributed by atoms with Crippen LogP contribution in [0.4, 0.5) is 0 Å². The predicted molar refractivity (Wildman–Crippen MR) is 41.4 cm³/mol. The molecule has 4 nitrogen and oxygen atoms in total. The summed E-state index contributed by atoms with van der Waals surface area (Å²) in [4.78, 5) is 21.0. The summed E-state index contributed by atoms with van der Waals surface area (Å²) in [5.41, 5.74) is -1.79. The first-order valence-electron chi connectivity index (χ1n) is 3.31. The topological polar surface area (TPSA) is 74.6 Å². The molecule has 0 radical (unpaired) electrons. The van der Waals surface area contributed by atoms with Gasteiger partial charge in [0, 0.05) is 6.42 Å². The molecule has 0 fully saturated rings. The summed E-state index contributed by atoms with van der Waals surface area (Å²) in [7, 11) is 0. The highest BCUT2D eigenvalue weighted by Crippen LogP contribution is 2.21. The number of hydrogen-bond acceptors (Lipinski definition) is 2. The van der Waals surface area contributed by atoms with E-state index in [0.717, 1.165) is 6.92 Å². The van der Waals surface area contributed by atoms with Gasteiger partial charge in [0.2, 0.25) is 0 Å². The van der Waals surface area contributed by atoms with Crippen LogP contribution >= 0.6 is 0 Å². The molecule has 0 amide bonds. The molecule has 0 heterocycles. The van der Waals surface area contributed by atoms with Gasteiger partial charge in [0.1, 0.15) is 0 Å². The molecule has 0 bridgehead atoms. The quantitative estimate of drug-likeness (QED) is 0.479. The first-order valence-corrected chi connectivity index (χ1v) is 3.31. The van der Waals surface area contributed by atoms with Gasteiger partial charge in [-0.05, 0) is 13.8 Å². The molecule has 4 heteroatoms. The molecule has 2 N–H and O–H groups in total. The van der Waals surface area contributed by atoms with E-state index in [-0.39, 0.29) is 6.42 Å². The first kappa shape index (κ1) is 10.5. The Balaban J connectivity index is 4.71. The van der Waals surface area contributed by atoms with E-state index in [0.29, 0.717) is 0 Å². The van der Waals surface area contributed by atoms with E-state index in [1.54, 1.807) is 0 Å². The van der Waals surface area contributed by atoms with Crippen molar-refractivity contribution in [3.8, 4) is 11.8 Å². The maximum Gasteiger partial charge on any atom is 0.321 e. The van der Waals surface area contributed by atoms with Crippen molar-refractivity contribution in [1.29, 1.82) is 0 Å². The average Bonchev–Trinajstić information content (AvgIpc) is 1.99. The van der Waals surface area contributed by atoms with Crippen LogP contribution in [0.15, 0.2) is 0 Å². The summed E-state index contributed by atoms with van der Waals surface area (Å²) in [5.74, 6) is 2.17. The van der Waals surface area contributed by atoms with E-state index in [1.807, 2.05) is 0 Å². The lowest BCUT2D eigenvalue weighted by Gasteiger charge is -2.15. The Morgan fingerprint density at radius 1 is 1.33 bits per heavy atom. The van der Waals surface area contributed by atoms with Gasteiger partial charge in [-0.2, -0.15) is 0 Å². The largest absolute Gasteiger partial charge is 0.480 e. The van der Waals surface area contributed by atoms with Crippen molar-refractivity contribution in [2.75, 3.05) is 0 Å². The third-order valence-electron chi connectivity index (χ3n) is 1.56. The summed E-state index contributed by atoms with van der Waals surface area (Å²) in [6.45, 7) is 2.67. The van der Waals surface area contributed by atoms with Crippen LogP contribution in [0.5, 0.6) is 0 Å². The van der Waals surface area contributed by atoms with E-state index in [2.05, 4.69) is 11.8 Å². The lowest BCUT2D eigenvalue weighted by molar-refractivity contribution is -0.162. The zero-order valence-corrected chi connectivity index (χ0v) is 6.92. The van der Waals surface area contributed by atoms with Gasteiger partial charge in [0.05, 0.1) is 0 Å². The summed E-state index contributed by atoms with van der Waals surface area (Å²) < 4.78 is 0. The fraction of sp³-hybridized carbons (Fsp3) is 0.500. The number of carbonyl (C=O) groups is 2. The van der Waals surface area contributed by atoms with Crippen molar-refractivity contribution in [1.82, 2.24) is 0 Å². The molecular formula is C8H10O4. The third-order valence-corrected chi connectivity index (χ3v) is 1.56. The summed E-state index contributed by atoms with van der Waals surface area (Å²) >= 11 is 0. The SMILES string of the molecule is CC#CCC(C)(C(=O)O)C(=O)O. The molecular weight excluding hydrogens is 160 g/mol. The summed E-state index contributed by atoms with van der Waals surface area (Å²) in [6.07, 6.45) is -0.172. The first-order chi connectivity index (χ1) is 5.45. The molecule has 0 spiro atoms. The van der Waals surface area contributed by atoms with E-state index in [4.69, 9.17) is 10.2 Å². The summed E-state index contributed by atoms with van der Waals surface area (Å²) in [6, 6.07) is 0. The molecule has 0 aliphatic carbocycles. The van der Waals surface area contributed by atoms with Crippen molar-refractivity contribution < 1.29 is 19.8 Å². The third kappa shape index (κ3) is 1.99. The van der Waals surface area contributed by atoms with Gasteiger partial charge < -0.3 is 10.2 Å². The molecule has 12 heavy (non-hydrogen) atoms. The van der Waals surface area contributed by atoms with Crippen LogP contribution in [0.1, 0.15) is 20.3 Å². The Bertz CT molecular complexity index is 242. The fourth-order valence-corrected chi connectivity index (χ4v) is 0.508. The smallest absolute Gasteiger partial charge is 0.321 e. The molecule has 0 aromatic rings. The van der Waals surface area contributed by atoms with Crippen LogP contribution in [0, 0.1) is 17.3 Å². The van der Waals surface area contributed by atoms with Gasteiger partial charge in [0.25, 0.3) is 0 Å². The van der Waals surface area contributed by atoms with E-state index in [9.17, 15) is 9.59 Å². The van der Waals surface area contributed by atoms with Crippen LogP contribution in [0.25, 0.3) is 0 Å². The molecule has 0 unspecified atom stereocenters. The molecule has 0 atom stereocenters. The Morgan fingerprint density at radius 3 is 2.00 bits per heavy atom. The second-order valence-corrected chi connectivity index (χ2v) is 2.55. The van der Waals surface area contributed by atoms with E-state index < -0.39 is 17.4 Å². The van der Waals surface area contributed by atoms with Crippen LogP contribution in [0.3, 0.4) is 0 Å². The second-order valence-electron chi connectivity index (χ2n) is 2.55. The molecule has 0 rings (SSSR count). The van der Waals surface area contributed by atoms with Gasteiger partial charge in [-0.1, -0.05) is 0 Å². The number of aliphatic carboxylic acids is 2. The molecule has 0 aliphatic rings. The predicted octanol–water partition coefficient (Wildman–Crippen LogP) is 0.575. The standard InChI is InChI=1S/C8H10O4/c1-3-4-5-8(2,6(9)10)7(11)12/h5H2,1-2H3,(H,9,10)(H,11,12). The van der Waals surface area contributed by atoms with Gasteiger partial charge in [-0.25, -0.2) is 0 Å². The summed E-state index contributed by atoms with van der Waals surface area (Å²) in [5, 5.41) is 17.2. The van der Waals surface area contributed by atoms with Crippen LogP contribution in [0.2, 0.25) is 0 Å². The number of carboxylic acids is 2. The Labute approximate surface area is 70.2 Å². The fourth-order valence-electron chi connectivity index (χ4n) is 0.508. The maximum atomic E-state index is 10.5. The van der Waals surface area contributed by atoms with Gasteiger partial charge in [0.15, 0.2) is 5.41 Å². The van der Waals surface area contributed by atoms with Crippen molar-refractivity contribution in [2.45, 2.75) is 20.3 Å². The second kappa shape index (κ2) is 3.77. The zero-order valence-electron chi connectivity index (χ0n) is 6.92. The number of hydrogen-bond donors (Lipinski definition) is 2. The van der Waals surface area contributed by atoms with Crippen LogP contribution in [-0.2, 0) is 9.59 Å². The maximum absolute atomic E-state index is 10.5. The van der Waals surface area contributed by atoms with E-state index in [1.165, 1.54) is 6.92 Å². The number of carboxylic acid groups (broad SMARTS) is 2. The van der Waals surface area contributed by atoms with Crippen molar-refractivity contribution >= 4 is 11.9 Å². The van der Waals surface area contributed by atoms with E-state index >= 15 is 0 Å². The van der Waals surface area contributed by atoms with Gasteiger partial charge in [-0.15, -0.1) is 11.8 Å². The van der Waals surface area contributed by atoms with Gasteiger partial charge in [-0.3, -0.25) is 9.59 Å². The Morgan fingerprint density at radius 2 is 1.75 bits per heavy atom.